The molecule has 0 aromatic heterocycles. The molecule has 1 N–H and O–H groups in total. The molecule has 1 saturated heterocycles. The zero-order chi connectivity index (χ0) is 21.3. The van der Waals surface area contributed by atoms with E-state index in [0.717, 1.165) is 33.6 Å². The molecule has 0 radical (unpaired) electrons. The smallest absolute Gasteiger partial charge is 0.242 e. The molecule has 0 saturated carbocycles. The van der Waals surface area contributed by atoms with E-state index in [0.29, 0.717) is 10.2 Å². The predicted octanol–water partition coefficient (Wildman–Crippen LogP) is 5.16. The van der Waals surface area contributed by atoms with Gasteiger partial charge in [-0.2, -0.15) is 0 Å². The number of benzene rings is 2. The highest BCUT2D eigenvalue weighted by Crippen LogP contribution is 2.32. The Bertz CT molecular complexity index is 996. The van der Waals surface area contributed by atoms with E-state index in [2.05, 4.69) is 10.3 Å². The summed E-state index contributed by atoms with van der Waals surface area (Å²) in [5, 5.41) is 3.71. The number of thioether (sulfide) groups is 1. The van der Waals surface area contributed by atoms with Crippen LogP contribution in [-0.4, -0.2) is 34.2 Å². The fourth-order valence-electron chi connectivity index (χ4n) is 3.38. The van der Waals surface area contributed by atoms with Crippen LogP contribution in [0.2, 0.25) is 5.02 Å². The fraction of sp³-hybridized carbons (Fsp3) is 0.318. The van der Waals surface area contributed by atoms with Crippen LogP contribution in [0, 0.1) is 27.7 Å². The molecule has 1 aliphatic heterocycles. The van der Waals surface area contributed by atoms with Gasteiger partial charge < -0.3 is 5.32 Å². The lowest BCUT2D eigenvalue weighted by atomic mass is 10.0. The highest BCUT2D eigenvalue weighted by Gasteiger charge is 2.37. The number of carbonyl (C=O) groups excluding carboxylic acids is 2. The number of nitrogens with one attached hydrogen (secondary N) is 1. The van der Waals surface area contributed by atoms with E-state index in [1.807, 2.05) is 52.0 Å². The van der Waals surface area contributed by atoms with Crippen LogP contribution in [0.4, 0.5) is 11.4 Å². The first-order chi connectivity index (χ1) is 13.7. The van der Waals surface area contributed by atoms with Gasteiger partial charge in [0.15, 0.2) is 5.17 Å². The largest absolute Gasteiger partial charge is 0.326 e. The van der Waals surface area contributed by atoms with Crippen molar-refractivity contribution in [1.82, 2.24) is 4.90 Å². The van der Waals surface area contributed by atoms with Crippen LogP contribution in [0.3, 0.4) is 0 Å². The van der Waals surface area contributed by atoms with Crippen LogP contribution in [0.1, 0.15) is 28.7 Å². The number of rotatable bonds is 4. The summed E-state index contributed by atoms with van der Waals surface area (Å²) in [5.41, 5.74) is 5.68. The number of aliphatic imine (C=N–C) groups is 1. The van der Waals surface area contributed by atoms with Gasteiger partial charge in [0, 0.05) is 24.2 Å². The predicted molar refractivity (Wildman–Crippen MR) is 121 cm³/mol. The molecule has 1 aliphatic rings. The van der Waals surface area contributed by atoms with E-state index >= 15 is 0 Å². The third-order valence-corrected chi connectivity index (χ3v) is 6.29. The molecule has 2 aromatic rings. The summed E-state index contributed by atoms with van der Waals surface area (Å²) in [4.78, 5) is 31.4. The summed E-state index contributed by atoms with van der Waals surface area (Å²) >= 11 is 7.32. The number of hydrogen-bond donors (Lipinski definition) is 1. The van der Waals surface area contributed by atoms with Crippen molar-refractivity contribution < 1.29 is 9.59 Å². The highest BCUT2D eigenvalue weighted by molar-refractivity contribution is 8.15. The molecule has 0 aliphatic carbocycles. The van der Waals surface area contributed by atoms with Crippen molar-refractivity contribution in [3.63, 3.8) is 0 Å². The lowest BCUT2D eigenvalue weighted by molar-refractivity contribution is -0.127. The van der Waals surface area contributed by atoms with Gasteiger partial charge in [-0.25, -0.2) is 4.99 Å². The Kier molecular flexibility index (Phi) is 6.34. The molecule has 2 amide bonds. The zero-order valence-corrected chi connectivity index (χ0v) is 18.7. The second-order valence-electron chi connectivity index (χ2n) is 7.35. The van der Waals surface area contributed by atoms with Gasteiger partial charge in [-0.1, -0.05) is 41.1 Å². The summed E-state index contributed by atoms with van der Waals surface area (Å²) in [5.74, 6) is -0.295. The monoisotopic (exact) mass is 429 g/mol. The van der Waals surface area contributed by atoms with Crippen molar-refractivity contribution in [1.29, 1.82) is 0 Å². The van der Waals surface area contributed by atoms with Crippen molar-refractivity contribution in [2.75, 3.05) is 12.4 Å². The Labute approximate surface area is 180 Å². The van der Waals surface area contributed by atoms with Gasteiger partial charge in [-0.05, 0) is 62.6 Å². The first-order valence-electron chi connectivity index (χ1n) is 9.32. The molecule has 0 spiro atoms. The molecule has 29 heavy (non-hydrogen) atoms. The normalized spacial score (nSPS) is 17.9. The van der Waals surface area contributed by atoms with Crippen LogP contribution in [0.5, 0.6) is 0 Å². The number of aryl methyl sites for hydroxylation is 4. The van der Waals surface area contributed by atoms with Crippen LogP contribution in [0.15, 0.2) is 35.3 Å². The van der Waals surface area contributed by atoms with Crippen molar-refractivity contribution in [2.24, 2.45) is 4.99 Å². The van der Waals surface area contributed by atoms with E-state index in [1.165, 1.54) is 16.7 Å². The molecule has 1 unspecified atom stereocenters. The Balaban J connectivity index is 1.73. The first-order valence-corrected chi connectivity index (χ1v) is 10.6. The molecule has 1 fully saturated rings. The number of hydrogen-bond acceptors (Lipinski definition) is 4. The number of amides is 2. The molecule has 1 atom stereocenters. The Hall–Kier alpha value is -2.31. The average Bonchev–Trinajstić information content (AvgIpc) is 2.88. The number of amidine groups is 1. The molecule has 3 rings (SSSR count). The maximum absolute atomic E-state index is 12.6. The number of halogens is 1. The van der Waals surface area contributed by atoms with Gasteiger partial charge in [-0.15, -0.1) is 0 Å². The second-order valence-corrected chi connectivity index (χ2v) is 8.96. The summed E-state index contributed by atoms with van der Waals surface area (Å²) < 4.78 is 0. The third kappa shape index (κ3) is 4.82. The van der Waals surface area contributed by atoms with E-state index < -0.39 is 5.25 Å². The number of nitrogens with zero attached hydrogens (tertiary/aromatic N) is 2. The minimum absolute atomic E-state index is 0.0964. The fourth-order valence-corrected chi connectivity index (χ4v) is 4.75. The topological polar surface area (TPSA) is 61.8 Å². The van der Waals surface area contributed by atoms with Crippen molar-refractivity contribution >= 4 is 51.7 Å². The molecular formula is C22H24ClN3O2S. The number of carbonyl (C=O) groups is 2. The zero-order valence-electron chi connectivity index (χ0n) is 17.2. The molecule has 2 aromatic carbocycles. The van der Waals surface area contributed by atoms with Gasteiger partial charge in [-0.3, -0.25) is 14.5 Å². The first kappa shape index (κ1) is 21.4. The molecule has 7 heteroatoms. The van der Waals surface area contributed by atoms with E-state index in [4.69, 9.17) is 11.6 Å². The van der Waals surface area contributed by atoms with Crippen molar-refractivity contribution in [3.05, 3.63) is 57.6 Å². The Morgan fingerprint density at radius 2 is 1.79 bits per heavy atom. The maximum Gasteiger partial charge on any atom is 0.242 e. The Morgan fingerprint density at radius 3 is 2.41 bits per heavy atom. The lowest BCUT2D eigenvalue weighted by Crippen LogP contribution is -2.30. The van der Waals surface area contributed by atoms with Crippen LogP contribution in [-0.2, 0) is 9.59 Å². The van der Waals surface area contributed by atoms with Gasteiger partial charge in [0.05, 0.1) is 5.69 Å². The van der Waals surface area contributed by atoms with Gasteiger partial charge in [0.25, 0.3) is 0 Å². The molecule has 0 bridgehead atoms. The van der Waals surface area contributed by atoms with Crippen molar-refractivity contribution in [3.8, 4) is 0 Å². The molecular weight excluding hydrogens is 406 g/mol. The molecule has 152 valence electrons. The minimum atomic E-state index is -0.489. The SMILES string of the molecule is Cc1cc(C)c(NC(=O)CC2SC(=Nc3ccc(Cl)cc3C)N(C)C2=O)c(C)c1. The molecule has 5 nitrogen and oxygen atoms in total. The van der Waals surface area contributed by atoms with Crippen LogP contribution in [0.25, 0.3) is 0 Å². The minimum Gasteiger partial charge on any atom is -0.326 e. The van der Waals surface area contributed by atoms with Gasteiger partial charge >= 0.3 is 0 Å². The van der Waals surface area contributed by atoms with Crippen molar-refractivity contribution in [2.45, 2.75) is 39.4 Å². The Morgan fingerprint density at radius 1 is 1.14 bits per heavy atom. The second kappa shape index (κ2) is 8.59. The van der Waals surface area contributed by atoms with E-state index in [9.17, 15) is 9.59 Å². The summed E-state index contributed by atoms with van der Waals surface area (Å²) in [7, 11) is 1.69. The lowest BCUT2D eigenvalue weighted by Gasteiger charge is -2.14. The summed E-state index contributed by atoms with van der Waals surface area (Å²) in [6.45, 7) is 7.89. The van der Waals surface area contributed by atoms with Crippen LogP contribution < -0.4 is 5.32 Å². The van der Waals surface area contributed by atoms with Gasteiger partial charge in [0.2, 0.25) is 11.8 Å². The third-order valence-electron chi connectivity index (χ3n) is 4.83. The highest BCUT2D eigenvalue weighted by atomic mass is 35.5. The van der Waals surface area contributed by atoms with Crippen LogP contribution >= 0.6 is 23.4 Å². The quantitative estimate of drug-likeness (QED) is 0.729. The van der Waals surface area contributed by atoms with Gasteiger partial charge in [0.1, 0.15) is 5.25 Å². The summed E-state index contributed by atoms with van der Waals surface area (Å²) in [6, 6.07) is 9.49. The van der Waals surface area contributed by atoms with E-state index in [1.54, 1.807) is 13.1 Å². The summed E-state index contributed by atoms with van der Waals surface area (Å²) in [6.07, 6.45) is 0.0964. The standard InChI is InChI=1S/C22H24ClN3O2S/c1-12-8-14(3)20(15(4)9-12)25-19(27)11-18-21(28)26(5)22(29-18)24-17-7-6-16(23)10-13(17)2/h6-10,18H,11H2,1-5H3,(H,25,27). The molecule has 1 heterocycles. The number of anilines is 1. The maximum atomic E-state index is 12.6. The van der Waals surface area contributed by atoms with E-state index in [-0.39, 0.29) is 18.2 Å². The average molecular weight is 430 g/mol.